The molecule has 1 aliphatic rings. The van der Waals surface area contributed by atoms with Gasteiger partial charge in [-0.1, -0.05) is 6.08 Å². The average Bonchev–Trinajstić information content (AvgIpc) is 2.21. The van der Waals surface area contributed by atoms with E-state index in [2.05, 4.69) is 6.58 Å². The van der Waals surface area contributed by atoms with Gasteiger partial charge in [-0.25, -0.2) is 0 Å². The predicted octanol–water partition coefficient (Wildman–Crippen LogP) is -0.911. The molecule has 0 unspecified atom stereocenters. The van der Waals surface area contributed by atoms with Crippen molar-refractivity contribution in [3.63, 3.8) is 0 Å². The fraction of sp³-hybridized carbons (Fsp3) is 0.667. The van der Waals surface area contributed by atoms with E-state index in [1.54, 1.807) is 0 Å². The summed E-state index contributed by atoms with van der Waals surface area (Å²) in [5.74, 6) is 1.03. The van der Waals surface area contributed by atoms with Gasteiger partial charge >= 0.3 is 51.4 Å². The largest absolute Gasteiger partial charge is 1.00 e. The number of allylic oxidation sites excluding steroid dienone is 1. The third-order valence-electron chi connectivity index (χ3n) is 1.20. The second-order valence-electron chi connectivity index (χ2n) is 1.97. The molecule has 0 nitrogen and oxygen atoms in total. The molecule has 0 aromatic carbocycles. The van der Waals surface area contributed by atoms with Gasteiger partial charge in [-0.2, -0.15) is 0 Å². The quantitative estimate of drug-likeness (QED) is 0.328. The number of rotatable bonds is 2. The summed E-state index contributed by atoms with van der Waals surface area (Å²) >= 11 is 0. The van der Waals surface area contributed by atoms with Crippen molar-refractivity contribution < 1.29 is 52.8 Å². The molecule has 0 aliphatic heterocycles. The monoisotopic (exact) mass is 122 g/mol. The van der Waals surface area contributed by atoms with Gasteiger partial charge < -0.3 is 1.43 Å². The van der Waals surface area contributed by atoms with Crippen LogP contribution >= 0.6 is 0 Å². The third-order valence-corrected chi connectivity index (χ3v) is 1.20. The standard InChI is InChI=1S/C6H10.K.H/c1-2-3-6-4-5-6;;/h2,6H,1,3-5H2;;/q;+1;-1. The smallest absolute Gasteiger partial charge is 1.00 e. The Bertz CT molecular complexity index is 59.5. The van der Waals surface area contributed by atoms with Crippen LogP contribution in [0.15, 0.2) is 12.7 Å². The van der Waals surface area contributed by atoms with Crippen molar-refractivity contribution in [2.24, 2.45) is 5.92 Å². The summed E-state index contributed by atoms with van der Waals surface area (Å²) in [7, 11) is 0. The zero-order valence-corrected chi connectivity index (χ0v) is 8.11. The Morgan fingerprint density at radius 3 is 2.43 bits per heavy atom. The summed E-state index contributed by atoms with van der Waals surface area (Å²) in [6.45, 7) is 3.64. The molecule has 0 N–H and O–H groups in total. The van der Waals surface area contributed by atoms with Gasteiger partial charge in [-0.05, 0) is 25.2 Å². The van der Waals surface area contributed by atoms with Crippen molar-refractivity contribution in [3.8, 4) is 0 Å². The van der Waals surface area contributed by atoms with Gasteiger partial charge in [-0.15, -0.1) is 6.58 Å². The van der Waals surface area contributed by atoms with Crippen LogP contribution in [0.2, 0.25) is 0 Å². The van der Waals surface area contributed by atoms with E-state index in [-0.39, 0.29) is 52.8 Å². The fourth-order valence-electron chi connectivity index (χ4n) is 0.589. The summed E-state index contributed by atoms with van der Waals surface area (Å²) in [5.41, 5.74) is 0. The Kier molecular flexibility index (Phi) is 5.11. The maximum Gasteiger partial charge on any atom is 1.00 e. The van der Waals surface area contributed by atoms with Gasteiger partial charge in [0.25, 0.3) is 0 Å². The Hall–Kier alpha value is 1.38. The van der Waals surface area contributed by atoms with Gasteiger partial charge in [-0.3, -0.25) is 0 Å². The Labute approximate surface area is 89.3 Å². The van der Waals surface area contributed by atoms with Gasteiger partial charge in [0.05, 0.1) is 0 Å². The molecule has 36 valence electrons. The van der Waals surface area contributed by atoms with Crippen molar-refractivity contribution in [1.29, 1.82) is 0 Å². The summed E-state index contributed by atoms with van der Waals surface area (Å²) < 4.78 is 0. The molecule has 0 radical (unpaired) electrons. The van der Waals surface area contributed by atoms with Crippen LogP contribution < -0.4 is 51.4 Å². The Morgan fingerprint density at radius 2 is 2.29 bits per heavy atom. The first kappa shape index (κ1) is 8.38. The topological polar surface area (TPSA) is 0 Å². The van der Waals surface area contributed by atoms with Crippen LogP contribution in [-0.2, 0) is 0 Å². The zero-order chi connectivity index (χ0) is 4.41. The number of hydrogen-bond donors (Lipinski definition) is 0. The van der Waals surface area contributed by atoms with Gasteiger partial charge in [0.1, 0.15) is 0 Å². The van der Waals surface area contributed by atoms with Crippen LogP contribution in [0.3, 0.4) is 0 Å². The molecule has 1 saturated carbocycles. The van der Waals surface area contributed by atoms with Crippen LogP contribution in [0.1, 0.15) is 20.7 Å². The molecule has 0 spiro atoms. The average molecular weight is 122 g/mol. The van der Waals surface area contributed by atoms with E-state index in [9.17, 15) is 0 Å². The summed E-state index contributed by atoms with van der Waals surface area (Å²) in [6.07, 6.45) is 6.16. The van der Waals surface area contributed by atoms with Crippen molar-refractivity contribution in [3.05, 3.63) is 12.7 Å². The van der Waals surface area contributed by atoms with Gasteiger partial charge in [0.2, 0.25) is 0 Å². The second kappa shape index (κ2) is 4.27. The predicted molar refractivity (Wildman–Crippen MR) is 28.6 cm³/mol. The fourth-order valence-corrected chi connectivity index (χ4v) is 0.589. The summed E-state index contributed by atoms with van der Waals surface area (Å²) in [6, 6.07) is 0. The summed E-state index contributed by atoms with van der Waals surface area (Å²) in [4.78, 5) is 0. The molecule has 0 amide bonds. The van der Waals surface area contributed by atoms with Gasteiger partial charge in [0, 0.05) is 0 Å². The van der Waals surface area contributed by atoms with Crippen molar-refractivity contribution in [1.82, 2.24) is 0 Å². The van der Waals surface area contributed by atoms with E-state index in [1.165, 1.54) is 19.3 Å². The van der Waals surface area contributed by atoms with E-state index in [0.29, 0.717) is 0 Å². The molecular weight excluding hydrogens is 111 g/mol. The van der Waals surface area contributed by atoms with E-state index < -0.39 is 0 Å². The maximum absolute atomic E-state index is 3.64. The molecular formula is C6H11K. The molecule has 1 heteroatoms. The Balaban J connectivity index is 0. The van der Waals surface area contributed by atoms with Crippen molar-refractivity contribution >= 4 is 0 Å². The normalized spacial score (nSPS) is 17.7. The molecule has 7 heavy (non-hydrogen) atoms. The van der Waals surface area contributed by atoms with E-state index >= 15 is 0 Å². The minimum absolute atomic E-state index is 0. The molecule has 0 saturated heterocycles. The van der Waals surface area contributed by atoms with E-state index in [1.807, 2.05) is 6.08 Å². The zero-order valence-electron chi connectivity index (χ0n) is 5.98. The van der Waals surface area contributed by atoms with Crippen molar-refractivity contribution in [2.75, 3.05) is 0 Å². The molecule has 0 aromatic heterocycles. The third kappa shape index (κ3) is 3.92. The minimum Gasteiger partial charge on any atom is -1.00 e. The maximum atomic E-state index is 3.64. The molecule has 1 aliphatic carbocycles. The first-order valence-corrected chi connectivity index (χ1v) is 2.54. The van der Waals surface area contributed by atoms with Crippen molar-refractivity contribution in [2.45, 2.75) is 19.3 Å². The first-order valence-electron chi connectivity index (χ1n) is 2.54. The molecule has 1 rings (SSSR count). The molecule has 0 heterocycles. The minimum atomic E-state index is 0. The molecule has 1 fully saturated rings. The summed E-state index contributed by atoms with van der Waals surface area (Å²) in [5, 5.41) is 0. The van der Waals surface area contributed by atoms with E-state index in [0.717, 1.165) is 5.92 Å². The number of hydrogen-bond acceptors (Lipinski definition) is 0. The van der Waals surface area contributed by atoms with Crippen LogP contribution in [0.5, 0.6) is 0 Å². The Morgan fingerprint density at radius 1 is 1.71 bits per heavy atom. The van der Waals surface area contributed by atoms with E-state index in [4.69, 9.17) is 0 Å². The van der Waals surface area contributed by atoms with Crippen LogP contribution in [-0.4, -0.2) is 0 Å². The molecule has 0 atom stereocenters. The van der Waals surface area contributed by atoms with Crippen LogP contribution in [0, 0.1) is 5.92 Å². The van der Waals surface area contributed by atoms with Gasteiger partial charge in [0.15, 0.2) is 0 Å². The second-order valence-corrected chi connectivity index (χ2v) is 1.97. The first-order chi connectivity index (χ1) is 2.93. The van der Waals surface area contributed by atoms with Crippen LogP contribution in [0.4, 0.5) is 0 Å². The van der Waals surface area contributed by atoms with Crippen LogP contribution in [0.25, 0.3) is 0 Å². The molecule has 0 bridgehead atoms. The SMILES string of the molecule is C=CCC1CC1.[H-].[K+]. The molecule has 0 aromatic rings.